The topological polar surface area (TPSA) is 50.9 Å². The van der Waals surface area contributed by atoms with E-state index in [9.17, 15) is 0 Å². The third kappa shape index (κ3) is 2.98. The molecule has 1 rings (SSSR count). The van der Waals surface area contributed by atoms with Crippen molar-refractivity contribution in [2.24, 2.45) is 0 Å². The number of terminal acetylenes is 1. The molecule has 0 amide bonds. The first-order valence-electron chi connectivity index (χ1n) is 4.63. The van der Waals surface area contributed by atoms with Crippen LogP contribution in [0.5, 0.6) is 0 Å². The molecule has 1 aromatic rings. The molecule has 0 saturated carbocycles. The summed E-state index contributed by atoms with van der Waals surface area (Å²) in [6.07, 6.45) is 8.56. The SMILES string of the molecule is C#CCCCNc1cc(C)c(N)cn1. The predicted octanol–water partition coefficient (Wildman–Crippen LogP) is 1.80. The summed E-state index contributed by atoms with van der Waals surface area (Å²) in [6, 6.07) is 1.94. The maximum Gasteiger partial charge on any atom is 0.126 e. The van der Waals surface area contributed by atoms with Gasteiger partial charge in [0.2, 0.25) is 0 Å². The number of hydrogen-bond donors (Lipinski definition) is 2. The van der Waals surface area contributed by atoms with Crippen molar-refractivity contribution in [3.8, 4) is 12.3 Å². The molecule has 74 valence electrons. The number of nitrogens with one attached hydrogen (secondary N) is 1. The van der Waals surface area contributed by atoms with Gasteiger partial charge >= 0.3 is 0 Å². The molecular weight excluding hydrogens is 174 g/mol. The van der Waals surface area contributed by atoms with Gasteiger partial charge in [-0.3, -0.25) is 0 Å². The standard InChI is InChI=1S/C11H15N3/c1-3-4-5-6-13-11-7-9(2)10(12)8-14-11/h1,7-8H,4-6,12H2,2H3,(H,13,14). The number of nitrogen functional groups attached to an aromatic ring is 1. The summed E-state index contributed by atoms with van der Waals surface area (Å²) >= 11 is 0. The fraction of sp³-hybridized carbons (Fsp3) is 0.364. The molecule has 1 heterocycles. The zero-order valence-electron chi connectivity index (χ0n) is 8.38. The molecule has 0 aliphatic rings. The third-order valence-electron chi connectivity index (χ3n) is 1.96. The summed E-state index contributed by atoms with van der Waals surface area (Å²) in [7, 11) is 0. The van der Waals surface area contributed by atoms with E-state index in [0.29, 0.717) is 0 Å². The Morgan fingerprint density at radius 1 is 1.64 bits per heavy atom. The zero-order valence-corrected chi connectivity index (χ0v) is 8.38. The van der Waals surface area contributed by atoms with E-state index >= 15 is 0 Å². The Labute approximate surface area is 84.7 Å². The van der Waals surface area contributed by atoms with Gasteiger partial charge in [0.05, 0.1) is 11.9 Å². The first-order chi connectivity index (χ1) is 6.74. The number of pyridine rings is 1. The number of rotatable bonds is 4. The second kappa shape index (κ2) is 5.13. The Hall–Kier alpha value is -1.69. The number of nitrogens with zero attached hydrogens (tertiary/aromatic N) is 1. The molecule has 0 unspecified atom stereocenters. The summed E-state index contributed by atoms with van der Waals surface area (Å²) in [6.45, 7) is 2.81. The van der Waals surface area contributed by atoms with Crippen LogP contribution in [0, 0.1) is 19.3 Å². The van der Waals surface area contributed by atoms with Crippen molar-refractivity contribution in [1.82, 2.24) is 4.98 Å². The lowest BCUT2D eigenvalue weighted by Crippen LogP contribution is -2.04. The summed E-state index contributed by atoms with van der Waals surface area (Å²) in [5, 5.41) is 3.19. The van der Waals surface area contributed by atoms with E-state index < -0.39 is 0 Å². The van der Waals surface area contributed by atoms with Gasteiger partial charge in [0.1, 0.15) is 5.82 Å². The fourth-order valence-electron chi connectivity index (χ4n) is 1.07. The molecular formula is C11H15N3. The molecule has 0 bridgehead atoms. The molecule has 14 heavy (non-hydrogen) atoms. The summed E-state index contributed by atoms with van der Waals surface area (Å²) in [4.78, 5) is 4.15. The van der Waals surface area contributed by atoms with Gasteiger partial charge in [-0.25, -0.2) is 4.98 Å². The van der Waals surface area contributed by atoms with Crippen molar-refractivity contribution in [2.45, 2.75) is 19.8 Å². The normalized spacial score (nSPS) is 9.43. The van der Waals surface area contributed by atoms with Crippen LogP contribution in [-0.2, 0) is 0 Å². The van der Waals surface area contributed by atoms with Gasteiger partial charge < -0.3 is 11.1 Å². The summed E-state index contributed by atoms with van der Waals surface area (Å²) in [5.41, 5.74) is 7.41. The summed E-state index contributed by atoms with van der Waals surface area (Å²) in [5.74, 6) is 3.45. The van der Waals surface area contributed by atoms with Gasteiger partial charge in [-0.15, -0.1) is 12.3 Å². The minimum atomic E-state index is 0.721. The minimum Gasteiger partial charge on any atom is -0.397 e. The molecule has 0 saturated heterocycles. The van der Waals surface area contributed by atoms with Crippen LogP contribution in [0.2, 0.25) is 0 Å². The predicted molar refractivity (Wildman–Crippen MR) is 59.9 cm³/mol. The maximum atomic E-state index is 5.65. The molecule has 3 nitrogen and oxygen atoms in total. The van der Waals surface area contributed by atoms with E-state index in [1.54, 1.807) is 6.20 Å². The van der Waals surface area contributed by atoms with Gasteiger partial charge in [0.25, 0.3) is 0 Å². The zero-order chi connectivity index (χ0) is 10.4. The van der Waals surface area contributed by atoms with E-state index in [1.807, 2.05) is 13.0 Å². The lowest BCUT2D eigenvalue weighted by Gasteiger charge is -2.06. The van der Waals surface area contributed by atoms with E-state index in [1.165, 1.54) is 0 Å². The van der Waals surface area contributed by atoms with Crippen molar-refractivity contribution >= 4 is 11.5 Å². The largest absolute Gasteiger partial charge is 0.397 e. The van der Waals surface area contributed by atoms with E-state index in [4.69, 9.17) is 12.2 Å². The Morgan fingerprint density at radius 3 is 3.07 bits per heavy atom. The van der Waals surface area contributed by atoms with Crippen LogP contribution >= 0.6 is 0 Å². The highest BCUT2D eigenvalue weighted by Gasteiger charge is 1.96. The van der Waals surface area contributed by atoms with Gasteiger partial charge in [0, 0.05) is 13.0 Å². The first-order valence-corrected chi connectivity index (χ1v) is 4.63. The monoisotopic (exact) mass is 189 g/mol. The molecule has 3 heteroatoms. The average molecular weight is 189 g/mol. The van der Waals surface area contributed by atoms with Gasteiger partial charge in [0.15, 0.2) is 0 Å². The Kier molecular flexibility index (Phi) is 3.81. The van der Waals surface area contributed by atoms with Crippen LogP contribution in [0.3, 0.4) is 0 Å². The molecule has 0 spiro atoms. The second-order valence-corrected chi connectivity index (χ2v) is 3.16. The smallest absolute Gasteiger partial charge is 0.126 e. The van der Waals surface area contributed by atoms with Crippen LogP contribution < -0.4 is 11.1 Å². The molecule has 0 atom stereocenters. The number of aromatic nitrogens is 1. The Morgan fingerprint density at radius 2 is 2.43 bits per heavy atom. The molecule has 0 aliphatic carbocycles. The minimum absolute atomic E-state index is 0.721. The van der Waals surface area contributed by atoms with E-state index in [-0.39, 0.29) is 0 Å². The van der Waals surface area contributed by atoms with Gasteiger partial charge in [-0.2, -0.15) is 0 Å². The molecule has 0 fully saturated rings. The third-order valence-corrected chi connectivity index (χ3v) is 1.96. The average Bonchev–Trinajstić information content (AvgIpc) is 2.18. The first kappa shape index (κ1) is 10.4. The van der Waals surface area contributed by atoms with Crippen LogP contribution in [0.4, 0.5) is 11.5 Å². The van der Waals surface area contributed by atoms with Crippen molar-refractivity contribution in [3.63, 3.8) is 0 Å². The number of anilines is 2. The quantitative estimate of drug-likeness (QED) is 0.561. The number of aryl methyl sites for hydroxylation is 1. The van der Waals surface area contributed by atoms with Crippen molar-refractivity contribution in [3.05, 3.63) is 17.8 Å². The second-order valence-electron chi connectivity index (χ2n) is 3.16. The lowest BCUT2D eigenvalue weighted by atomic mass is 10.2. The fourth-order valence-corrected chi connectivity index (χ4v) is 1.07. The molecule has 0 aliphatic heterocycles. The van der Waals surface area contributed by atoms with Crippen LogP contribution in [0.1, 0.15) is 18.4 Å². The van der Waals surface area contributed by atoms with Crippen LogP contribution in [-0.4, -0.2) is 11.5 Å². The van der Waals surface area contributed by atoms with Crippen LogP contribution in [0.15, 0.2) is 12.3 Å². The highest BCUT2D eigenvalue weighted by atomic mass is 15.0. The van der Waals surface area contributed by atoms with E-state index in [2.05, 4.69) is 16.2 Å². The van der Waals surface area contributed by atoms with Crippen LogP contribution in [0.25, 0.3) is 0 Å². The molecule has 0 aromatic carbocycles. The highest BCUT2D eigenvalue weighted by Crippen LogP contribution is 2.12. The Bertz CT molecular complexity index is 339. The van der Waals surface area contributed by atoms with Crippen molar-refractivity contribution in [2.75, 3.05) is 17.6 Å². The number of hydrogen-bond acceptors (Lipinski definition) is 3. The summed E-state index contributed by atoms with van der Waals surface area (Å²) < 4.78 is 0. The van der Waals surface area contributed by atoms with E-state index in [0.717, 1.165) is 36.5 Å². The highest BCUT2D eigenvalue weighted by molar-refractivity contribution is 5.50. The molecule has 3 N–H and O–H groups in total. The lowest BCUT2D eigenvalue weighted by molar-refractivity contribution is 0.901. The maximum absolute atomic E-state index is 5.65. The number of nitrogens with two attached hydrogens (primary N) is 1. The Balaban J connectivity index is 2.44. The van der Waals surface area contributed by atoms with Crippen molar-refractivity contribution < 1.29 is 0 Å². The number of unbranched alkanes of at least 4 members (excludes halogenated alkanes) is 1. The molecule has 1 aromatic heterocycles. The van der Waals surface area contributed by atoms with Gasteiger partial charge in [-0.05, 0) is 25.0 Å². The van der Waals surface area contributed by atoms with Crippen molar-refractivity contribution in [1.29, 1.82) is 0 Å². The molecule has 0 radical (unpaired) electrons. The van der Waals surface area contributed by atoms with Gasteiger partial charge in [-0.1, -0.05) is 0 Å².